The summed E-state index contributed by atoms with van der Waals surface area (Å²) in [7, 11) is 0. The number of thioether (sulfide) groups is 1. The standard InChI is InChI=1S/C16H23NO3S/c1-4-5-14(16(19)20)17-15(18)8-9-21-13-7-6-11(2)12(3)10-13/h6-7,10,14H,4-5,8-9H2,1-3H3,(H,17,18)(H,19,20)/t14-/m1/s1. The maximum atomic E-state index is 11.8. The van der Waals surface area contributed by atoms with E-state index in [9.17, 15) is 9.59 Å². The molecule has 21 heavy (non-hydrogen) atoms. The first kappa shape index (κ1) is 17.6. The highest BCUT2D eigenvalue weighted by Gasteiger charge is 2.18. The molecule has 1 aromatic rings. The Bertz CT molecular complexity index is 502. The van der Waals surface area contributed by atoms with Crippen LogP contribution in [0.15, 0.2) is 23.1 Å². The Morgan fingerprint density at radius 2 is 2.00 bits per heavy atom. The number of hydrogen-bond acceptors (Lipinski definition) is 3. The van der Waals surface area contributed by atoms with Gasteiger partial charge in [0.1, 0.15) is 6.04 Å². The number of carboxylic acids is 1. The van der Waals surface area contributed by atoms with Gasteiger partial charge in [0.05, 0.1) is 0 Å². The van der Waals surface area contributed by atoms with Crippen LogP contribution in [0.3, 0.4) is 0 Å². The predicted octanol–water partition coefficient (Wildman–Crippen LogP) is 3.16. The Kier molecular flexibility index (Phi) is 7.29. The molecule has 0 heterocycles. The number of nitrogens with one attached hydrogen (secondary N) is 1. The van der Waals surface area contributed by atoms with Crippen LogP contribution in [-0.4, -0.2) is 28.8 Å². The second-order valence-corrected chi connectivity index (χ2v) is 6.26. The van der Waals surface area contributed by atoms with E-state index in [0.717, 1.165) is 11.3 Å². The van der Waals surface area contributed by atoms with E-state index in [2.05, 4.69) is 31.3 Å². The summed E-state index contributed by atoms with van der Waals surface area (Å²) in [6.07, 6.45) is 1.52. The second-order valence-electron chi connectivity index (χ2n) is 5.09. The highest BCUT2D eigenvalue weighted by Crippen LogP contribution is 2.21. The zero-order chi connectivity index (χ0) is 15.8. The van der Waals surface area contributed by atoms with E-state index < -0.39 is 12.0 Å². The van der Waals surface area contributed by atoms with Crippen molar-refractivity contribution in [3.63, 3.8) is 0 Å². The van der Waals surface area contributed by atoms with Crippen LogP contribution in [0, 0.1) is 13.8 Å². The summed E-state index contributed by atoms with van der Waals surface area (Å²) in [5, 5.41) is 11.6. The van der Waals surface area contributed by atoms with Gasteiger partial charge in [-0.2, -0.15) is 0 Å². The minimum atomic E-state index is -0.966. The van der Waals surface area contributed by atoms with Gasteiger partial charge in [0.25, 0.3) is 0 Å². The number of aryl methyl sites for hydroxylation is 2. The van der Waals surface area contributed by atoms with Crippen molar-refractivity contribution in [2.45, 2.75) is 51.0 Å². The third-order valence-corrected chi connectivity index (χ3v) is 4.28. The van der Waals surface area contributed by atoms with Crippen molar-refractivity contribution in [1.29, 1.82) is 0 Å². The molecule has 0 aromatic heterocycles. The van der Waals surface area contributed by atoms with E-state index in [4.69, 9.17) is 5.11 Å². The lowest BCUT2D eigenvalue weighted by Gasteiger charge is -2.13. The number of aliphatic carboxylic acids is 1. The molecule has 0 bridgehead atoms. The molecule has 4 nitrogen and oxygen atoms in total. The van der Waals surface area contributed by atoms with Crippen LogP contribution in [-0.2, 0) is 9.59 Å². The quantitative estimate of drug-likeness (QED) is 0.724. The van der Waals surface area contributed by atoms with Gasteiger partial charge in [-0.15, -0.1) is 11.8 Å². The van der Waals surface area contributed by atoms with Crippen molar-refractivity contribution >= 4 is 23.6 Å². The van der Waals surface area contributed by atoms with Gasteiger partial charge in [0, 0.05) is 17.1 Å². The Balaban J connectivity index is 2.39. The number of benzene rings is 1. The van der Waals surface area contributed by atoms with E-state index >= 15 is 0 Å². The Morgan fingerprint density at radius 3 is 2.57 bits per heavy atom. The molecule has 1 atom stereocenters. The third-order valence-electron chi connectivity index (χ3n) is 3.29. The van der Waals surface area contributed by atoms with E-state index in [1.165, 1.54) is 11.1 Å². The summed E-state index contributed by atoms with van der Waals surface area (Å²) >= 11 is 1.61. The van der Waals surface area contributed by atoms with Crippen molar-refractivity contribution in [1.82, 2.24) is 5.32 Å². The van der Waals surface area contributed by atoms with Crippen molar-refractivity contribution in [3.8, 4) is 0 Å². The molecule has 0 saturated carbocycles. The molecule has 1 rings (SSSR count). The SMILES string of the molecule is CCC[C@@H](NC(=O)CCSc1ccc(C)c(C)c1)C(=O)O. The minimum absolute atomic E-state index is 0.202. The smallest absolute Gasteiger partial charge is 0.326 e. The number of carbonyl (C=O) groups is 2. The molecule has 0 aliphatic carbocycles. The Labute approximate surface area is 130 Å². The highest BCUT2D eigenvalue weighted by molar-refractivity contribution is 7.99. The van der Waals surface area contributed by atoms with Gasteiger partial charge in [-0.25, -0.2) is 4.79 Å². The first-order valence-electron chi connectivity index (χ1n) is 7.16. The van der Waals surface area contributed by atoms with Crippen LogP contribution in [0.25, 0.3) is 0 Å². The minimum Gasteiger partial charge on any atom is -0.480 e. The fourth-order valence-corrected chi connectivity index (χ4v) is 2.83. The summed E-state index contributed by atoms with van der Waals surface area (Å²) < 4.78 is 0. The van der Waals surface area contributed by atoms with Crippen molar-refractivity contribution < 1.29 is 14.7 Å². The van der Waals surface area contributed by atoms with Gasteiger partial charge in [0.2, 0.25) is 5.91 Å². The lowest BCUT2D eigenvalue weighted by molar-refractivity contribution is -0.142. The summed E-state index contributed by atoms with van der Waals surface area (Å²) in [6.45, 7) is 6.03. The summed E-state index contributed by atoms with van der Waals surface area (Å²) in [4.78, 5) is 23.9. The van der Waals surface area contributed by atoms with E-state index in [-0.39, 0.29) is 5.91 Å². The fourth-order valence-electron chi connectivity index (χ4n) is 1.88. The summed E-state index contributed by atoms with van der Waals surface area (Å²) in [5.74, 6) is -0.522. The van der Waals surface area contributed by atoms with Crippen LogP contribution in [0.2, 0.25) is 0 Å². The number of amides is 1. The summed E-state index contributed by atoms with van der Waals surface area (Å²) in [6, 6.07) is 5.45. The molecule has 0 aliphatic rings. The van der Waals surface area contributed by atoms with E-state index in [0.29, 0.717) is 18.6 Å². The van der Waals surface area contributed by atoms with Crippen molar-refractivity contribution in [2.75, 3.05) is 5.75 Å². The molecular formula is C16H23NO3S. The number of hydrogen-bond donors (Lipinski definition) is 2. The zero-order valence-electron chi connectivity index (χ0n) is 12.8. The molecule has 1 amide bonds. The first-order valence-corrected chi connectivity index (χ1v) is 8.14. The normalized spacial score (nSPS) is 12.0. The number of rotatable bonds is 8. The molecule has 5 heteroatoms. The van der Waals surface area contributed by atoms with E-state index in [1.54, 1.807) is 11.8 Å². The molecular weight excluding hydrogens is 286 g/mol. The van der Waals surface area contributed by atoms with Crippen LogP contribution in [0.5, 0.6) is 0 Å². The lowest BCUT2D eigenvalue weighted by Crippen LogP contribution is -2.40. The third kappa shape index (κ3) is 6.21. The second kappa shape index (κ2) is 8.72. The molecule has 2 N–H and O–H groups in total. The summed E-state index contributed by atoms with van der Waals surface area (Å²) in [5.41, 5.74) is 2.49. The van der Waals surface area contributed by atoms with Crippen molar-refractivity contribution in [2.24, 2.45) is 0 Å². The van der Waals surface area contributed by atoms with E-state index in [1.807, 2.05) is 13.0 Å². The lowest BCUT2D eigenvalue weighted by atomic mass is 10.1. The first-order chi connectivity index (χ1) is 9.93. The Morgan fingerprint density at radius 1 is 1.29 bits per heavy atom. The number of carboxylic acid groups (broad SMARTS) is 1. The average Bonchev–Trinajstić information content (AvgIpc) is 2.42. The molecule has 1 aromatic carbocycles. The topological polar surface area (TPSA) is 66.4 Å². The maximum Gasteiger partial charge on any atom is 0.326 e. The van der Waals surface area contributed by atoms with Crippen molar-refractivity contribution in [3.05, 3.63) is 29.3 Å². The molecule has 0 fully saturated rings. The number of carbonyl (C=O) groups excluding carboxylic acids is 1. The predicted molar refractivity (Wildman–Crippen MR) is 85.7 cm³/mol. The molecule has 0 spiro atoms. The fraction of sp³-hybridized carbons (Fsp3) is 0.500. The Hall–Kier alpha value is -1.49. The molecule has 116 valence electrons. The van der Waals surface area contributed by atoms with Gasteiger partial charge in [-0.3, -0.25) is 4.79 Å². The average molecular weight is 309 g/mol. The van der Waals surface area contributed by atoms with Gasteiger partial charge in [-0.05, 0) is 43.5 Å². The van der Waals surface area contributed by atoms with Crippen LogP contribution >= 0.6 is 11.8 Å². The highest BCUT2D eigenvalue weighted by atomic mass is 32.2. The van der Waals surface area contributed by atoms with Gasteiger partial charge in [0.15, 0.2) is 0 Å². The van der Waals surface area contributed by atoms with Crippen LogP contribution in [0.1, 0.15) is 37.3 Å². The van der Waals surface area contributed by atoms with Gasteiger partial charge >= 0.3 is 5.97 Å². The van der Waals surface area contributed by atoms with Crippen LogP contribution < -0.4 is 5.32 Å². The molecule has 0 unspecified atom stereocenters. The molecule has 0 saturated heterocycles. The molecule has 0 radical (unpaired) electrons. The largest absolute Gasteiger partial charge is 0.480 e. The van der Waals surface area contributed by atoms with Crippen LogP contribution in [0.4, 0.5) is 0 Å². The molecule has 0 aliphatic heterocycles. The zero-order valence-corrected chi connectivity index (χ0v) is 13.6. The maximum absolute atomic E-state index is 11.8. The van der Waals surface area contributed by atoms with Gasteiger partial charge in [-0.1, -0.05) is 19.4 Å². The monoisotopic (exact) mass is 309 g/mol. The van der Waals surface area contributed by atoms with Gasteiger partial charge < -0.3 is 10.4 Å².